The van der Waals surface area contributed by atoms with E-state index in [2.05, 4.69) is 10.5 Å². The van der Waals surface area contributed by atoms with Crippen LogP contribution in [-0.2, 0) is 4.74 Å². The van der Waals surface area contributed by atoms with Crippen molar-refractivity contribution in [1.82, 2.24) is 10.5 Å². The van der Waals surface area contributed by atoms with Crippen molar-refractivity contribution >= 4 is 29.2 Å². The highest BCUT2D eigenvalue weighted by atomic mass is 35.5. The Morgan fingerprint density at radius 3 is 2.52 bits per heavy atom. The molecule has 2 aliphatic rings. The van der Waals surface area contributed by atoms with Gasteiger partial charge >= 0.3 is 5.97 Å². The molecule has 3 atom stereocenters. The summed E-state index contributed by atoms with van der Waals surface area (Å²) >= 11 is 12.5. The van der Waals surface area contributed by atoms with Crippen molar-refractivity contribution < 1.29 is 14.1 Å². The van der Waals surface area contributed by atoms with Crippen molar-refractivity contribution in [2.45, 2.75) is 50.8 Å². The van der Waals surface area contributed by atoms with Gasteiger partial charge in [0.15, 0.2) is 0 Å². The first-order chi connectivity index (χ1) is 12.0. The van der Waals surface area contributed by atoms with Gasteiger partial charge in [-0.2, -0.15) is 0 Å². The Morgan fingerprint density at radius 2 is 1.88 bits per heavy atom. The van der Waals surface area contributed by atoms with Crippen LogP contribution in [0, 0.1) is 6.92 Å². The first kappa shape index (κ1) is 16.9. The van der Waals surface area contributed by atoms with Gasteiger partial charge in [0.05, 0.1) is 10.0 Å². The highest BCUT2D eigenvalue weighted by Gasteiger charge is 2.36. The van der Waals surface area contributed by atoms with Crippen molar-refractivity contribution in [2.75, 3.05) is 0 Å². The molecule has 2 aliphatic heterocycles. The van der Waals surface area contributed by atoms with E-state index in [4.69, 9.17) is 32.5 Å². The number of rotatable bonds is 3. The monoisotopic (exact) mass is 380 g/mol. The second-order valence-electron chi connectivity index (χ2n) is 6.70. The number of carbonyl (C=O) groups excluding carboxylic acids is 1. The van der Waals surface area contributed by atoms with Crippen LogP contribution in [0.2, 0.25) is 10.0 Å². The summed E-state index contributed by atoms with van der Waals surface area (Å²) in [5, 5.41) is 8.37. The average molecular weight is 381 g/mol. The van der Waals surface area contributed by atoms with Crippen LogP contribution in [0.15, 0.2) is 22.7 Å². The van der Waals surface area contributed by atoms with Crippen molar-refractivity contribution in [1.29, 1.82) is 0 Å². The second kappa shape index (κ2) is 6.63. The molecule has 1 aromatic heterocycles. The summed E-state index contributed by atoms with van der Waals surface area (Å²) < 4.78 is 11.0. The maximum absolute atomic E-state index is 12.8. The van der Waals surface area contributed by atoms with Crippen LogP contribution in [0.25, 0.3) is 11.3 Å². The molecular formula is C18H18Cl2N2O3. The van der Waals surface area contributed by atoms with E-state index in [0.29, 0.717) is 44.7 Å². The van der Waals surface area contributed by atoms with Gasteiger partial charge in [-0.1, -0.05) is 34.4 Å². The number of fused-ring (bicyclic) bond motifs is 2. The number of halogens is 2. The number of esters is 1. The molecular weight excluding hydrogens is 363 g/mol. The summed E-state index contributed by atoms with van der Waals surface area (Å²) in [6, 6.07) is 6.03. The summed E-state index contributed by atoms with van der Waals surface area (Å²) in [6.45, 7) is 1.68. The number of nitrogens with zero attached hydrogens (tertiary/aromatic N) is 1. The minimum atomic E-state index is -0.434. The fraction of sp³-hybridized carbons (Fsp3) is 0.444. The number of hydrogen-bond acceptors (Lipinski definition) is 5. The minimum Gasteiger partial charge on any atom is -0.459 e. The summed E-state index contributed by atoms with van der Waals surface area (Å²) in [5.41, 5.74) is 1.11. The SMILES string of the molecule is Cc1onc(-c2c(Cl)cccc2Cl)c1C(=O)O[C@@H]1C[C@H]2CC[C@@H](C1)N2. The van der Waals surface area contributed by atoms with E-state index in [-0.39, 0.29) is 6.10 Å². The molecule has 0 saturated carbocycles. The van der Waals surface area contributed by atoms with Crippen molar-refractivity contribution in [2.24, 2.45) is 0 Å². The first-order valence-corrected chi connectivity index (χ1v) is 9.16. The number of ether oxygens (including phenoxy) is 1. The first-order valence-electron chi connectivity index (χ1n) is 8.40. The maximum Gasteiger partial charge on any atom is 0.344 e. The van der Waals surface area contributed by atoms with E-state index in [0.717, 1.165) is 25.7 Å². The standard InChI is InChI=1S/C18H18Cl2N2O3/c1-9-15(17(22-25-9)16-13(19)3-2-4-14(16)20)18(23)24-12-7-10-5-6-11(8-12)21-10/h2-4,10-12,21H,5-8H2,1H3/t10-,11+,12-. The maximum atomic E-state index is 12.8. The van der Waals surface area contributed by atoms with E-state index >= 15 is 0 Å². The van der Waals surface area contributed by atoms with Gasteiger partial charge in [0.1, 0.15) is 23.1 Å². The summed E-state index contributed by atoms with van der Waals surface area (Å²) in [7, 11) is 0. The third-order valence-electron chi connectivity index (χ3n) is 4.97. The van der Waals surface area contributed by atoms with E-state index in [9.17, 15) is 4.79 Å². The van der Waals surface area contributed by atoms with E-state index in [1.54, 1.807) is 25.1 Å². The average Bonchev–Trinajstić information content (AvgIpc) is 3.10. The van der Waals surface area contributed by atoms with Gasteiger partial charge < -0.3 is 14.6 Å². The lowest BCUT2D eigenvalue weighted by Crippen LogP contribution is -2.42. The van der Waals surface area contributed by atoms with Crippen LogP contribution in [0.4, 0.5) is 0 Å². The molecule has 1 aromatic carbocycles. The molecule has 5 nitrogen and oxygen atoms in total. The molecule has 132 valence electrons. The molecule has 2 saturated heterocycles. The molecule has 2 bridgehead atoms. The smallest absolute Gasteiger partial charge is 0.344 e. The number of aromatic nitrogens is 1. The van der Waals surface area contributed by atoms with Crippen molar-refractivity contribution in [3.63, 3.8) is 0 Å². The lowest BCUT2D eigenvalue weighted by atomic mass is 10.0. The van der Waals surface area contributed by atoms with Crippen LogP contribution < -0.4 is 5.32 Å². The predicted molar refractivity (Wildman–Crippen MR) is 95.1 cm³/mol. The number of aryl methyl sites for hydroxylation is 1. The second-order valence-corrected chi connectivity index (χ2v) is 7.51. The van der Waals surface area contributed by atoms with E-state index in [1.807, 2.05) is 0 Å². The van der Waals surface area contributed by atoms with Gasteiger partial charge in [-0.05, 0) is 44.7 Å². The molecule has 1 N–H and O–H groups in total. The summed E-state index contributed by atoms with van der Waals surface area (Å²) in [5.74, 6) is -0.0380. The van der Waals surface area contributed by atoms with Crippen LogP contribution in [0.5, 0.6) is 0 Å². The molecule has 0 spiro atoms. The number of benzene rings is 1. The zero-order valence-corrected chi connectivity index (χ0v) is 15.2. The van der Waals surface area contributed by atoms with Crippen LogP contribution in [0.3, 0.4) is 0 Å². The van der Waals surface area contributed by atoms with E-state index < -0.39 is 5.97 Å². The molecule has 2 aromatic rings. The van der Waals surface area contributed by atoms with Crippen molar-refractivity contribution in [3.8, 4) is 11.3 Å². The Labute approximate surface area is 155 Å². The van der Waals surface area contributed by atoms with Crippen LogP contribution in [-0.4, -0.2) is 29.3 Å². The summed E-state index contributed by atoms with van der Waals surface area (Å²) in [4.78, 5) is 12.8. The number of nitrogens with one attached hydrogen (secondary N) is 1. The zero-order valence-electron chi connectivity index (χ0n) is 13.7. The third-order valence-corrected chi connectivity index (χ3v) is 5.60. The topological polar surface area (TPSA) is 64.4 Å². The van der Waals surface area contributed by atoms with Gasteiger partial charge in [0.2, 0.25) is 0 Å². The molecule has 0 amide bonds. The van der Waals surface area contributed by atoms with Crippen LogP contribution >= 0.6 is 23.2 Å². The Bertz CT molecular complexity index is 788. The Morgan fingerprint density at radius 1 is 1.24 bits per heavy atom. The Hall–Kier alpha value is -1.56. The lowest BCUT2D eigenvalue weighted by Gasteiger charge is -2.28. The summed E-state index contributed by atoms with van der Waals surface area (Å²) in [6.07, 6.45) is 3.88. The van der Waals surface area contributed by atoms with Crippen molar-refractivity contribution in [3.05, 3.63) is 39.6 Å². The van der Waals surface area contributed by atoms with E-state index in [1.165, 1.54) is 0 Å². The highest BCUT2D eigenvalue weighted by molar-refractivity contribution is 6.39. The highest BCUT2D eigenvalue weighted by Crippen LogP contribution is 2.37. The zero-order chi connectivity index (χ0) is 17.6. The molecule has 7 heteroatoms. The van der Waals surface area contributed by atoms with Gasteiger partial charge in [-0.3, -0.25) is 0 Å². The molecule has 4 rings (SSSR count). The van der Waals surface area contributed by atoms with Gasteiger partial charge in [-0.15, -0.1) is 0 Å². The predicted octanol–water partition coefficient (Wildman–Crippen LogP) is 4.40. The quantitative estimate of drug-likeness (QED) is 0.799. The van der Waals surface area contributed by atoms with Gasteiger partial charge in [0.25, 0.3) is 0 Å². The molecule has 0 radical (unpaired) electrons. The fourth-order valence-corrected chi connectivity index (χ4v) is 4.40. The molecule has 0 unspecified atom stereocenters. The van der Waals surface area contributed by atoms with Gasteiger partial charge in [0, 0.05) is 17.6 Å². The largest absolute Gasteiger partial charge is 0.459 e. The van der Waals surface area contributed by atoms with Crippen LogP contribution in [0.1, 0.15) is 41.8 Å². The normalized spacial score (nSPS) is 25.2. The number of hydrogen-bond donors (Lipinski definition) is 1. The number of piperidine rings is 1. The Kier molecular flexibility index (Phi) is 4.48. The molecule has 0 aliphatic carbocycles. The number of carbonyl (C=O) groups is 1. The Balaban J connectivity index is 1.62. The molecule has 2 fully saturated rings. The lowest BCUT2D eigenvalue weighted by molar-refractivity contribution is 0.0176. The molecule has 25 heavy (non-hydrogen) atoms. The fourth-order valence-electron chi connectivity index (χ4n) is 3.82. The molecule has 3 heterocycles. The minimum absolute atomic E-state index is 0.0879. The third kappa shape index (κ3) is 3.16. The van der Waals surface area contributed by atoms with Gasteiger partial charge in [-0.25, -0.2) is 4.79 Å².